The van der Waals surface area contributed by atoms with Gasteiger partial charge in [0.05, 0.1) is 7.11 Å². The van der Waals surface area contributed by atoms with Crippen LogP contribution in [-0.4, -0.2) is 22.1 Å². The van der Waals surface area contributed by atoms with Crippen molar-refractivity contribution in [2.45, 2.75) is 13.8 Å². The summed E-state index contributed by atoms with van der Waals surface area (Å²) in [5, 5.41) is 7.53. The lowest BCUT2D eigenvalue weighted by Gasteiger charge is -2.09. The van der Waals surface area contributed by atoms with Gasteiger partial charge in [0.1, 0.15) is 17.6 Å². The first-order chi connectivity index (χ1) is 13.1. The van der Waals surface area contributed by atoms with Gasteiger partial charge in [-0.15, -0.1) is 0 Å². The van der Waals surface area contributed by atoms with Crippen LogP contribution in [0.2, 0.25) is 0 Å². The molecule has 0 atom stereocenters. The molecule has 0 aliphatic heterocycles. The van der Waals surface area contributed by atoms with Gasteiger partial charge in [0.25, 0.3) is 0 Å². The number of para-hydroxylation sites is 1. The van der Waals surface area contributed by atoms with Crippen molar-refractivity contribution in [1.29, 1.82) is 0 Å². The van der Waals surface area contributed by atoms with Gasteiger partial charge in [-0.25, -0.2) is 15.0 Å². The summed E-state index contributed by atoms with van der Waals surface area (Å²) in [6.07, 6.45) is 1.55. The molecule has 27 heavy (non-hydrogen) atoms. The van der Waals surface area contributed by atoms with Gasteiger partial charge in [0, 0.05) is 11.4 Å². The van der Waals surface area contributed by atoms with Gasteiger partial charge >= 0.3 is 0 Å². The lowest BCUT2D eigenvalue weighted by Crippen LogP contribution is -1.97. The average Bonchev–Trinajstić information content (AvgIpc) is 3.09. The number of ether oxygens (including phenoxy) is 1. The Kier molecular flexibility index (Phi) is 4.60. The Labute approximate surface area is 161 Å². The Balaban J connectivity index is 1.65. The Morgan fingerprint density at radius 1 is 0.926 bits per heavy atom. The van der Waals surface area contributed by atoms with Crippen molar-refractivity contribution in [3.63, 3.8) is 0 Å². The summed E-state index contributed by atoms with van der Waals surface area (Å²) >= 11 is 1.51. The molecular weight excluding hydrogens is 358 g/mol. The fourth-order valence-electron chi connectivity index (χ4n) is 2.83. The third-order valence-corrected chi connectivity index (χ3v) is 5.14. The number of nitrogens with zero attached hydrogens (tertiary/aromatic N) is 3. The molecule has 6 nitrogen and oxygen atoms in total. The van der Waals surface area contributed by atoms with Crippen LogP contribution in [0.4, 0.5) is 22.3 Å². The van der Waals surface area contributed by atoms with E-state index in [0.717, 1.165) is 32.6 Å². The van der Waals surface area contributed by atoms with Crippen LogP contribution < -0.4 is 15.4 Å². The molecule has 0 fully saturated rings. The molecule has 4 rings (SSSR count). The number of thiazole rings is 1. The average molecular weight is 377 g/mol. The van der Waals surface area contributed by atoms with Crippen LogP contribution in [-0.2, 0) is 0 Å². The zero-order valence-electron chi connectivity index (χ0n) is 15.3. The Hall–Kier alpha value is -3.19. The van der Waals surface area contributed by atoms with Crippen molar-refractivity contribution >= 4 is 44.0 Å². The zero-order chi connectivity index (χ0) is 18.8. The number of anilines is 4. The first-order valence-electron chi connectivity index (χ1n) is 8.50. The maximum atomic E-state index is 5.20. The molecule has 0 unspecified atom stereocenters. The molecule has 2 aromatic carbocycles. The van der Waals surface area contributed by atoms with Crippen molar-refractivity contribution in [2.24, 2.45) is 0 Å². The maximum Gasteiger partial charge on any atom is 0.189 e. The summed E-state index contributed by atoms with van der Waals surface area (Å²) in [6, 6.07) is 13.9. The van der Waals surface area contributed by atoms with Gasteiger partial charge in [0.15, 0.2) is 15.8 Å². The number of fused-ring (bicyclic) bond motifs is 1. The number of nitrogens with one attached hydrogen (secondary N) is 2. The molecule has 2 N–H and O–H groups in total. The maximum absolute atomic E-state index is 5.20. The van der Waals surface area contributed by atoms with Crippen molar-refractivity contribution in [3.8, 4) is 5.75 Å². The second-order valence-corrected chi connectivity index (χ2v) is 7.12. The highest BCUT2D eigenvalue weighted by Crippen LogP contribution is 2.33. The zero-order valence-corrected chi connectivity index (χ0v) is 16.1. The molecular formula is C20H19N5OS. The highest BCUT2D eigenvalue weighted by atomic mass is 32.1. The quantitative estimate of drug-likeness (QED) is 0.498. The Morgan fingerprint density at radius 3 is 2.37 bits per heavy atom. The number of methoxy groups -OCH3 is 1. The largest absolute Gasteiger partial charge is 0.497 e. The minimum atomic E-state index is 0.677. The molecule has 136 valence electrons. The first-order valence-corrected chi connectivity index (χ1v) is 9.31. The predicted octanol–water partition coefficient (Wildman–Crippen LogP) is 5.20. The minimum absolute atomic E-state index is 0.677. The van der Waals surface area contributed by atoms with Gasteiger partial charge in [-0.05, 0) is 49.2 Å². The summed E-state index contributed by atoms with van der Waals surface area (Å²) in [7, 11) is 1.65. The van der Waals surface area contributed by atoms with Crippen molar-refractivity contribution in [2.75, 3.05) is 17.7 Å². The van der Waals surface area contributed by atoms with E-state index >= 15 is 0 Å². The third kappa shape index (κ3) is 3.54. The molecule has 0 aliphatic rings. The molecule has 0 amide bonds. The molecule has 0 aliphatic carbocycles. The fraction of sp³-hybridized carbons (Fsp3) is 0.150. The van der Waals surface area contributed by atoms with E-state index in [9.17, 15) is 0 Å². The summed E-state index contributed by atoms with van der Waals surface area (Å²) in [4.78, 5) is 14.3. The van der Waals surface area contributed by atoms with Gasteiger partial charge in [-0.1, -0.05) is 29.5 Å². The molecule has 4 aromatic rings. The van der Waals surface area contributed by atoms with Gasteiger partial charge < -0.3 is 15.4 Å². The van der Waals surface area contributed by atoms with Crippen LogP contribution in [0.5, 0.6) is 5.75 Å². The van der Waals surface area contributed by atoms with Crippen LogP contribution >= 0.6 is 11.3 Å². The normalized spacial score (nSPS) is 10.8. The number of rotatable bonds is 5. The van der Waals surface area contributed by atoms with Crippen LogP contribution in [0, 0.1) is 13.8 Å². The molecule has 0 spiro atoms. The second-order valence-electron chi connectivity index (χ2n) is 6.14. The van der Waals surface area contributed by atoms with Crippen molar-refractivity contribution in [3.05, 3.63) is 59.9 Å². The SMILES string of the molecule is COc1ccc(Nc2ncnc3sc(Nc4c(C)cccc4C)nc23)cc1. The van der Waals surface area contributed by atoms with Crippen LogP contribution in [0.1, 0.15) is 11.1 Å². The molecule has 0 bridgehead atoms. The highest BCUT2D eigenvalue weighted by Gasteiger charge is 2.12. The number of aryl methyl sites for hydroxylation is 2. The third-order valence-electron chi connectivity index (χ3n) is 4.26. The van der Waals surface area contributed by atoms with Crippen molar-refractivity contribution in [1.82, 2.24) is 15.0 Å². The van der Waals surface area contributed by atoms with E-state index in [1.165, 1.54) is 22.5 Å². The van der Waals surface area contributed by atoms with E-state index in [0.29, 0.717) is 5.82 Å². The van der Waals surface area contributed by atoms with E-state index in [1.54, 1.807) is 13.4 Å². The van der Waals surface area contributed by atoms with Crippen LogP contribution in [0.25, 0.3) is 10.3 Å². The molecule has 7 heteroatoms. The summed E-state index contributed by atoms with van der Waals surface area (Å²) in [6.45, 7) is 4.16. The molecule has 0 radical (unpaired) electrons. The topological polar surface area (TPSA) is 72.0 Å². The smallest absolute Gasteiger partial charge is 0.189 e. The van der Waals surface area contributed by atoms with Crippen LogP contribution in [0.3, 0.4) is 0 Å². The minimum Gasteiger partial charge on any atom is -0.497 e. The first kappa shape index (κ1) is 17.2. The summed E-state index contributed by atoms with van der Waals surface area (Å²) in [5.41, 5.74) is 5.09. The standard InChI is InChI=1S/C20H19N5OS/c1-12-5-4-6-13(2)16(12)24-20-25-17-18(21-11-22-19(17)27-20)23-14-7-9-15(26-3)10-8-14/h4-11H,1-3H3,(H,24,25)(H,21,22,23). The highest BCUT2D eigenvalue weighted by molar-refractivity contribution is 7.21. The molecule has 0 saturated carbocycles. The number of hydrogen-bond acceptors (Lipinski definition) is 7. The molecule has 2 heterocycles. The van der Waals surface area contributed by atoms with E-state index < -0.39 is 0 Å². The monoisotopic (exact) mass is 377 g/mol. The summed E-state index contributed by atoms with van der Waals surface area (Å²) < 4.78 is 5.20. The number of hydrogen-bond donors (Lipinski definition) is 2. The summed E-state index contributed by atoms with van der Waals surface area (Å²) in [5.74, 6) is 1.48. The second kappa shape index (κ2) is 7.20. The fourth-order valence-corrected chi connectivity index (χ4v) is 3.64. The van der Waals surface area contributed by atoms with Gasteiger partial charge in [-0.2, -0.15) is 0 Å². The Morgan fingerprint density at radius 2 is 1.67 bits per heavy atom. The lowest BCUT2D eigenvalue weighted by atomic mass is 10.1. The van der Waals surface area contributed by atoms with Crippen LogP contribution in [0.15, 0.2) is 48.8 Å². The molecule has 0 saturated heterocycles. The Bertz CT molecular complexity index is 1070. The van der Waals surface area contributed by atoms with Gasteiger partial charge in [0.2, 0.25) is 0 Å². The van der Waals surface area contributed by atoms with Crippen molar-refractivity contribution < 1.29 is 4.74 Å². The van der Waals surface area contributed by atoms with E-state index in [-0.39, 0.29) is 0 Å². The van der Waals surface area contributed by atoms with Gasteiger partial charge in [-0.3, -0.25) is 0 Å². The predicted molar refractivity (Wildman–Crippen MR) is 111 cm³/mol. The van der Waals surface area contributed by atoms with E-state index in [2.05, 4.69) is 52.6 Å². The van der Waals surface area contributed by atoms with E-state index in [1.807, 2.05) is 24.3 Å². The van der Waals surface area contributed by atoms with E-state index in [4.69, 9.17) is 9.72 Å². The number of aromatic nitrogens is 3. The lowest BCUT2D eigenvalue weighted by molar-refractivity contribution is 0.415. The molecule has 2 aromatic heterocycles. The number of benzene rings is 2.